The summed E-state index contributed by atoms with van der Waals surface area (Å²) in [6, 6.07) is 0. The van der Waals surface area contributed by atoms with Gasteiger partial charge in [0.15, 0.2) is 5.79 Å². The SMILES string of the molecule is C[C@@]12CCC[C@H]1C1=C(CC2)[C@@]2(C)C=CC(O)(O)CC2CC1. The van der Waals surface area contributed by atoms with Gasteiger partial charge in [-0.2, -0.15) is 0 Å². The molecule has 0 aromatic heterocycles. The fraction of sp³-hybridized carbons (Fsp3) is 0.789. The largest absolute Gasteiger partial charge is 0.362 e. The molecule has 2 heteroatoms. The number of hydrogen-bond acceptors (Lipinski definition) is 2. The highest BCUT2D eigenvalue weighted by Gasteiger charge is 2.52. The molecule has 116 valence electrons. The normalized spacial score (nSPS) is 47.8. The second-order valence-corrected chi connectivity index (χ2v) is 8.54. The minimum absolute atomic E-state index is 0.0759. The van der Waals surface area contributed by atoms with Crippen molar-refractivity contribution in [2.45, 2.75) is 71.0 Å². The predicted octanol–water partition coefficient (Wildman–Crippen LogP) is 3.94. The summed E-state index contributed by atoms with van der Waals surface area (Å²) in [5.41, 5.74) is 4.05. The molecule has 4 rings (SSSR count). The molecule has 4 atom stereocenters. The van der Waals surface area contributed by atoms with Crippen LogP contribution in [0.25, 0.3) is 0 Å². The zero-order valence-electron chi connectivity index (χ0n) is 13.4. The Labute approximate surface area is 127 Å². The van der Waals surface area contributed by atoms with E-state index in [2.05, 4.69) is 19.9 Å². The van der Waals surface area contributed by atoms with Crippen molar-refractivity contribution in [3.05, 3.63) is 23.3 Å². The lowest BCUT2D eigenvalue weighted by molar-refractivity contribution is -0.146. The first-order valence-electron chi connectivity index (χ1n) is 8.72. The maximum Gasteiger partial charge on any atom is 0.182 e. The summed E-state index contributed by atoms with van der Waals surface area (Å²) in [6.45, 7) is 4.85. The van der Waals surface area contributed by atoms with Crippen LogP contribution in [0, 0.1) is 22.7 Å². The van der Waals surface area contributed by atoms with E-state index in [0.29, 0.717) is 17.8 Å². The molecule has 2 N–H and O–H groups in total. The van der Waals surface area contributed by atoms with Crippen molar-refractivity contribution in [1.82, 2.24) is 0 Å². The van der Waals surface area contributed by atoms with Gasteiger partial charge < -0.3 is 10.2 Å². The highest BCUT2D eigenvalue weighted by molar-refractivity contribution is 5.38. The van der Waals surface area contributed by atoms with Crippen molar-refractivity contribution in [3.63, 3.8) is 0 Å². The van der Waals surface area contributed by atoms with Crippen LogP contribution < -0.4 is 0 Å². The first-order valence-corrected chi connectivity index (χ1v) is 8.72. The molecule has 0 saturated heterocycles. The van der Waals surface area contributed by atoms with Crippen LogP contribution in [0.2, 0.25) is 0 Å². The van der Waals surface area contributed by atoms with Crippen LogP contribution in [0.3, 0.4) is 0 Å². The lowest BCUT2D eigenvalue weighted by Gasteiger charge is -2.52. The van der Waals surface area contributed by atoms with Gasteiger partial charge in [-0.1, -0.05) is 37.5 Å². The van der Waals surface area contributed by atoms with E-state index in [9.17, 15) is 10.2 Å². The van der Waals surface area contributed by atoms with E-state index in [0.717, 1.165) is 12.3 Å². The Hall–Kier alpha value is -0.600. The maximum atomic E-state index is 9.97. The van der Waals surface area contributed by atoms with Crippen LogP contribution in [0.4, 0.5) is 0 Å². The molecule has 0 aromatic rings. The molecular formula is C19H28O2. The summed E-state index contributed by atoms with van der Waals surface area (Å²) in [7, 11) is 0. The van der Waals surface area contributed by atoms with Crippen molar-refractivity contribution in [2.24, 2.45) is 22.7 Å². The van der Waals surface area contributed by atoms with Crippen LogP contribution in [0.15, 0.2) is 23.3 Å². The fourth-order valence-electron chi connectivity index (χ4n) is 6.01. The molecule has 1 fully saturated rings. The molecule has 0 spiro atoms. The second-order valence-electron chi connectivity index (χ2n) is 8.54. The highest BCUT2D eigenvalue weighted by Crippen LogP contribution is 2.62. The second kappa shape index (κ2) is 4.23. The van der Waals surface area contributed by atoms with Gasteiger partial charge in [-0.3, -0.25) is 0 Å². The fourth-order valence-corrected chi connectivity index (χ4v) is 6.01. The zero-order chi connectivity index (χ0) is 14.9. The van der Waals surface area contributed by atoms with Crippen molar-refractivity contribution >= 4 is 0 Å². The summed E-state index contributed by atoms with van der Waals surface area (Å²) < 4.78 is 0. The van der Waals surface area contributed by atoms with Gasteiger partial charge >= 0.3 is 0 Å². The third kappa shape index (κ3) is 1.91. The smallest absolute Gasteiger partial charge is 0.182 e. The van der Waals surface area contributed by atoms with Crippen LogP contribution in [-0.4, -0.2) is 16.0 Å². The predicted molar refractivity (Wildman–Crippen MR) is 83.5 cm³/mol. The van der Waals surface area contributed by atoms with Crippen LogP contribution in [-0.2, 0) is 0 Å². The van der Waals surface area contributed by atoms with Gasteiger partial charge in [0.1, 0.15) is 0 Å². The number of hydrogen-bond donors (Lipinski definition) is 2. The molecular weight excluding hydrogens is 260 g/mol. The number of aliphatic hydroxyl groups is 2. The third-order valence-electron chi connectivity index (χ3n) is 7.34. The average molecular weight is 288 g/mol. The Balaban J connectivity index is 1.78. The minimum atomic E-state index is -1.58. The lowest BCUT2D eigenvalue weighted by atomic mass is 9.53. The quantitative estimate of drug-likeness (QED) is 0.523. The summed E-state index contributed by atoms with van der Waals surface area (Å²) >= 11 is 0. The molecule has 4 aliphatic carbocycles. The lowest BCUT2D eigenvalue weighted by Crippen LogP contribution is -2.45. The Morgan fingerprint density at radius 3 is 2.67 bits per heavy atom. The zero-order valence-corrected chi connectivity index (χ0v) is 13.4. The van der Waals surface area contributed by atoms with Crippen LogP contribution >= 0.6 is 0 Å². The molecule has 0 aliphatic heterocycles. The van der Waals surface area contributed by atoms with Gasteiger partial charge in [0, 0.05) is 11.8 Å². The molecule has 0 bridgehead atoms. The van der Waals surface area contributed by atoms with Gasteiger partial charge in [0.2, 0.25) is 0 Å². The monoisotopic (exact) mass is 288 g/mol. The van der Waals surface area contributed by atoms with E-state index in [1.165, 1.54) is 38.5 Å². The Morgan fingerprint density at radius 2 is 1.86 bits per heavy atom. The van der Waals surface area contributed by atoms with Crippen molar-refractivity contribution in [1.29, 1.82) is 0 Å². The topological polar surface area (TPSA) is 40.5 Å². The summed E-state index contributed by atoms with van der Waals surface area (Å²) in [6.07, 6.45) is 13.3. The number of allylic oxidation sites excluding steroid dienone is 3. The van der Waals surface area contributed by atoms with Gasteiger partial charge in [0.05, 0.1) is 0 Å². The van der Waals surface area contributed by atoms with Gasteiger partial charge in [-0.05, 0) is 61.9 Å². The summed E-state index contributed by atoms with van der Waals surface area (Å²) in [4.78, 5) is 0. The van der Waals surface area contributed by atoms with Crippen molar-refractivity contribution in [3.8, 4) is 0 Å². The Morgan fingerprint density at radius 1 is 1.05 bits per heavy atom. The Kier molecular flexibility index (Phi) is 2.83. The summed E-state index contributed by atoms with van der Waals surface area (Å²) in [5.74, 6) is -0.386. The molecule has 0 amide bonds. The van der Waals surface area contributed by atoms with E-state index >= 15 is 0 Å². The molecule has 1 saturated carbocycles. The highest BCUT2D eigenvalue weighted by atomic mass is 16.5. The average Bonchev–Trinajstić information content (AvgIpc) is 2.81. The van der Waals surface area contributed by atoms with E-state index in [4.69, 9.17) is 0 Å². The van der Waals surface area contributed by atoms with Crippen molar-refractivity contribution in [2.75, 3.05) is 0 Å². The molecule has 21 heavy (non-hydrogen) atoms. The van der Waals surface area contributed by atoms with Gasteiger partial charge in [0.25, 0.3) is 0 Å². The first-order chi connectivity index (χ1) is 9.84. The molecule has 1 unspecified atom stereocenters. The summed E-state index contributed by atoms with van der Waals surface area (Å²) in [5, 5.41) is 19.9. The van der Waals surface area contributed by atoms with E-state index in [1.807, 2.05) is 0 Å². The standard InChI is InChI=1S/C19H28O2/c1-17-8-3-4-15(17)14-6-5-13-12-19(20,21)11-10-18(13,2)16(14)7-9-17/h10-11,13,15,20-21H,3-9,12H2,1-2H3/t13?,15-,17-,18-/m0/s1. The Bertz CT molecular complexity index is 530. The molecule has 4 aliphatic rings. The molecule has 2 nitrogen and oxygen atoms in total. The van der Waals surface area contributed by atoms with E-state index in [-0.39, 0.29) is 5.41 Å². The maximum absolute atomic E-state index is 9.97. The van der Waals surface area contributed by atoms with Crippen LogP contribution in [0.5, 0.6) is 0 Å². The van der Waals surface area contributed by atoms with Crippen molar-refractivity contribution < 1.29 is 10.2 Å². The number of rotatable bonds is 0. The van der Waals surface area contributed by atoms with Gasteiger partial charge in [-0.15, -0.1) is 0 Å². The van der Waals surface area contributed by atoms with Gasteiger partial charge in [-0.25, -0.2) is 0 Å². The molecule has 0 aromatic carbocycles. The van der Waals surface area contributed by atoms with Crippen LogP contribution in [0.1, 0.15) is 65.2 Å². The first kappa shape index (κ1) is 14.0. The van der Waals surface area contributed by atoms with E-state index < -0.39 is 5.79 Å². The molecule has 0 radical (unpaired) electrons. The molecule has 0 heterocycles. The minimum Gasteiger partial charge on any atom is -0.362 e. The number of fused-ring (bicyclic) bond motifs is 4. The van der Waals surface area contributed by atoms with E-state index in [1.54, 1.807) is 17.2 Å². The third-order valence-corrected chi connectivity index (χ3v) is 7.34.